The minimum absolute atomic E-state index is 0.333. The predicted molar refractivity (Wildman–Crippen MR) is 52.5 cm³/mol. The molecule has 0 N–H and O–H groups in total. The van der Waals surface area contributed by atoms with Crippen molar-refractivity contribution in [2.24, 2.45) is 4.99 Å². The van der Waals surface area contributed by atoms with Crippen LogP contribution in [0.2, 0.25) is 0 Å². The number of halogens is 3. The van der Waals surface area contributed by atoms with Gasteiger partial charge >= 0.3 is 0 Å². The van der Waals surface area contributed by atoms with Crippen molar-refractivity contribution in [3.05, 3.63) is 22.8 Å². The van der Waals surface area contributed by atoms with Gasteiger partial charge in [-0.3, -0.25) is 0 Å². The van der Waals surface area contributed by atoms with Crippen LogP contribution < -0.4 is 0 Å². The molecule has 4 heteroatoms. The van der Waals surface area contributed by atoms with E-state index in [2.05, 4.69) is 11.6 Å². The van der Waals surface area contributed by atoms with Gasteiger partial charge in [0, 0.05) is 11.5 Å². The molecule has 0 aromatic heterocycles. The van der Waals surface area contributed by atoms with E-state index in [-0.39, 0.29) is 0 Å². The van der Waals surface area contributed by atoms with Crippen molar-refractivity contribution in [3.8, 4) is 0 Å². The van der Waals surface area contributed by atoms with Crippen LogP contribution in [0.15, 0.2) is 27.8 Å². The van der Waals surface area contributed by atoms with Crippen molar-refractivity contribution in [3.63, 3.8) is 0 Å². The average Bonchev–Trinajstić information content (AvgIpc) is 1.82. The number of allylic oxidation sites excluding steroid dienone is 2. The lowest BCUT2D eigenvalue weighted by atomic mass is 10.4. The fourth-order valence-corrected chi connectivity index (χ4v) is 0.803. The molecule has 0 radical (unpaired) electrons. The van der Waals surface area contributed by atoms with Crippen molar-refractivity contribution < 1.29 is 0 Å². The molecule has 0 aromatic carbocycles. The van der Waals surface area contributed by atoms with Gasteiger partial charge in [0.25, 0.3) is 0 Å². The molecule has 0 bridgehead atoms. The lowest BCUT2D eigenvalue weighted by Crippen LogP contribution is -1.75. The first-order valence-electron chi connectivity index (χ1n) is 2.92. The molecule has 0 aromatic rings. The molecule has 0 aliphatic rings. The Labute approximate surface area is 81.4 Å². The van der Waals surface area contributed by atoms with Gasteiger partial charge in [0.05, 0.1) is 0 Å². The Morgan fingerprint density at radius 3 is 2.36 bits per heavy atom. The van der Waals surface area contributed by atoms with E-state index >= 15 is 0 Å². The van der Waals surface area contributed by atoms with Gasteiger partial charge in [-0.05, 0) is 13.0 Å². The van der Waals surface area contributed by atoms with Gasteiger partial charge in [0.1, 0.15) is 10.3 Å². The summed E-state index contributed by atoms with van der Waals surface area (Å²) in [6.07, 6.45) is 2.15. The summed E-state index contributed by atoms with van der Waals surface area (Å²) in [5.74, 6) is 0. The third kappa shape index (κ3) is 7.92. The molecular formula is C7H8Cl3N. The second-order valence-electron chi connectivity index (χ2n) is 1.86. The molecule has 0 rings (SSSR count). The quantitative estimate of drug-likeness (QED) is 0.497. The van der Waals surface area contributed by atoms with E-state index in [1.54, 1.807) is 13.0 Å². The molecule has 0 saturated heterocycles. The Bertz CT molecular complexity index is 202. The van der Waals surface area contributed by atoms with E-state index in [4.69, 9.17) is 34.8 Å². The third-order valence-corrected chi connectivity index (χ3v) is 1.23. The topological polar surface area (TPSA) is 12.4 Å². The first kappa shape index (κ1) is 11.0. The van der Waals surface area contributed by atoms with Crippen molar-refractivity contribution in [1.82, 2.24) is 0 Å². The SMILES string of the molecule is C=C(Cl)C/C=C(/Cl)N=C(C)Cl. The summed E-state index contributed by atoms with van der Waals surface area (Å²) < 4.78 is 0. The van der Waals surface area contributed by atoms with Crippen molar-refractivity contribution in [2.45, 2.75) is 13.3 Å². The fourth-order valence-electron chi connectivity index (χ4n) is 0.388. The highest BCUT2D eigenvalue weighted by Gasteiger charge is 1.89. The fraction of sp³-hybridized carbons (Fsp3) is 0.286. The van der Waals surface area contributed by atoms with E-state index in [1.165, 1.54) is 0 Å². The summed E-state index contributed by atoms with van der Waals surface area (Å²) in [6.45, 7) is 5.13. The molecule has 62 valence electrons. The summed E-state index contributed by atoms with van der Waals surface area (Å²) in [6, 6.07) is 0. The Kier molecular flexibility index (Phi) is 5.65. The monoisotopic (exact) mass is 211 g/mol. The Hall–Kier alpha value is 0.0200. The molecule has 0 saturated carbocycles. The maximum Gasteiger partial charge on any atom is 0.126 e. The lowest BCUT2D eigenvalue weighted by Gasteiger charge is -1.90. The zero-order valence-corrected chi connectivity index (χ0v) is 8.34. The molecule has 0 spiro atoms. The second-order valence-corrected chi connectivity index (χ2v) is 3.33. The van der Waals surface area contributed by atoms with Gasteiger partial charge < -0.3 is 0 Å². The Balaban J connectivity index is 4.02. The van der Waals surface area contributed by atoms with Crippen LogP contribution in [0.25, 0.3) is 0 Å². The van der Waals surface area contributed by atoms with Gasteiger partial charge in [-0.15, -0.1) is 0 Å². The van der Waals surface area contributed by atoms with Crippen LogP contribution >= 0.6 is 34.8 Å². The van der Waals surface area contributed by atoms with Crippen LogP contribution in [-0.4, -0.2) is 5.17 Å². The minimum Gasteiger partial charge on any atom is -0.230 e. The van der Waals surface area contributed by atoms with Crippen LogP contribution in [0, 0.1) is 0 Å². The number of rotatable bonds is 3. The van der Waals surface area contributed by atoms with E-state index in [9.17, 15) is 0 Å². The highest BCUT2D eigenvalue weighted by Crippen LogP contribution is 2.11. The van der Waals surface area contributed by atoms with E-state index in [0.717, 1.165) is 0 Å². The molecule has 0 fully saturated rings. The van der Waals surface area contributed by atoms with E-state index in [0.29, 0.717) is 21.8 Å². The summed E-state index contributed by atoms with van der Waals surface area (Å²) in [4.78, 5) is 3.76. The van der Waals surface area contributed by atoms with Crippen molar-refractivity contribution in [1.29, 1.82) is 0 Å². The van der Waals surface area contributed by atoms with Gasteiger partial charge in [0.2, 0.25) is 0 Å². The first-order valence-corrected chi connectivity index (χ1v) is 4.05. The first-order chi connectivity index (χ1) is 5.02. The normalized spacial score (nSPS) is 13.5. The highest BCUT2D eigenvalue weighted by atomic mass is 35.5. The molecular weight excluding hydrogens is 204 g/mol. The number of nitrogens with zero attached hydrogens (tertiary/aromatic N) is 1. The lowest BCUT2D eigenvalue weighted by molar-refractivity contribution is 1.32. The molecule has 0 aliphatic carbocycles. The molecule has 0 unspecified atom stereocenters. The maximum absolute atomic E-state index is 5.61. The van der Waals surface area contributed by atoms with Gasteiger partial charge in [0.15, 0.2) is 0 Å². The third-order valence-electron chi connectivity index (χ3n) is 0.753. The number of hydrogen-bond acceptors (Lipinski definition) is 1. The maximum atomic E-state index is 5.61. The second kappa shape index (κ2) is 5.64. The number of hydrogen-bond donors (Lipinski definition) is 0. The summed E-state index contributed by atoms with van der Waals surface area (Å²) in [5.41, 5.74) is 0. The van der Waals surface area contributed by atoms with Gasteiger partial charge in [-0.1, -0.05) is 41.4 Å². The molecule has 0 heterocycles. The molecule has 0 amide bonds. The predicted octanol–water partition coefficient (Wildman–Crippen LogP) is 3.87. The highest BCUT2D eigenvalue weighted by molar-refractivity contribution is 6.65. The van der Waals surface area contributed by atoms with Crippen molar-refractivity contribution in [2.75, 3.05) is 0 Å². The zero-order chi connectivity index (χ0) is 8.85. The van der Waals surface area contributed by atoms with E-state index in [1.807, 2.05) is 0 Å². The minimum atomic E-state index is 0.333. The van der Waals surface area contributed by atoms with Crippen LogP contribution in [0.5, 0.6) is 0 Å². The summed E-state index contributed by atoms with van der Waals surface area (Å²) in [7, 11) is 0. The average molecular weight is 213 g/mol. The van der Waals surface area contributed by atoms with Gasteiger partial charge in [-0.2, -0.15) is 0 Å². The van der Waals surface area contributed by atoms with Crippen LogP contribution in [0.4, 0.5) is 0 Å². The van der Waals surface area contributed by atoms with E-state index < -0.39 is 0 Å². The zero-order valence-electron chi connectivity index (χ0n) is 6.07. The standard InChI is InChI=1S/C7H8Cl3N/c1-5(8)3-4-7(10)11-6(2)9/h4H,1,3H2,2H3/b7-4-,11-6?. The van der Waals surface area contributed by atoms with Crippen LogP contribution in [0.3, 0.4) is 0 Å². The summed E-state index contributed by atoms with van der Waals surface area (Å²) in [5, 5.41) is 1.25. The molecule has 0 aliphatic heterocycles. The molecule has 0 atom stereocenters. The van der Waals surface area contributed by atoms with Crippen LogP contribution in [-0.2, 0) is 0 Å². The Morgan fingerprint density at radius 2 is 2.00 bits per heavy atom. The smallest absolute Gasteiger partial charge is 0.126 e. The molecule has 1 nitrogen and oxygen atoms in total. The summed E-state index contributed by atoms with van der Waals surface area (Å²) >= 11 is 16.5. The molecule has 11 heavy (non-hydrogen) atoms. The largest absolute Gasteiger partial charge is 0.230 e. The van der Waals surface area contributed by atoms with Gasteiger partial charge in [-0.25, -0.2) is 4.99 Å². The number of aliphatic imine (C=N–C) groups is 1. The van der Waals surface area contributed by atoms with Crippen LogP contribution in [0.1, 0.15) is 13.3 Å². The van der Waals surface area contributed by atoms with Crippen molar-refractivity contribution >= 4 is 40.0 Å². The Morgan fingerprint density at radius 1 is 1.45 bits per heavy atom.